The second-order valence-corrected chi connectivity index (χ2v) is 7.32. The fourth-order valence-corrected chi connectivity index (χ4v) is 3.37. The fourth-order valence-electron chi connectivity index (χ4n) is 1.59. The van der Waals surface area contributed by atoms with E-state index in [1.54, 1.807) is 18.2 Å². The zero-order valence-electron chi connectivity index (χ0n) is 10.4. The lowest BCUT2D eigenvalue weighted by molar-refractivity contribution is 0.103. The molecule has 7 heteroatoms. The van der Waals surface area contributed by atoms with Gasteiger partial charge >= 0.3 is 0 Å². The average Bonchev–Trinajstić information content (AvgIpc) is 2.69. The highest BCUT2D eigenvalue weighted by molar-refractivity contribution is 9.11. The molecule has 1 aromatic heterocycles. The van der Waals surface area contributed by atoms with Crippen LogP contribution in [-0.2, 0) is 0 Å². The quantitative estimate of drug-likeness (QED) is 0.767. The molecule has 0 atom stereocenters. The molecular weight excluding hydrogens is 380 g/mol. The molecule has 0 saturated heterocycles. The van der Waals surface area contributed by atoms with Gasteiger partial charge in [0.2, 0.25) is 0 Å². The summed E-state index contributed by atoms with van der Waals surface area (Å²) >= 11 is 15.7. The third-order valence-electron chi connectivity index (χ3n) is 2.58. The Morgan fingerprint density at radius 1 is 1.45 bits per heavy atom. The zero-order chi connectivity index (χ0) is 14.9. The van der Waals surface area contributed by atoms with E-state index in [2.05, 4.69) is 21.2 Å². The number of nitrogens with one attached hydrogen (secondary N) is 1. The van der Waals surface area contributed by atoms with Crippen molar-refractivity contribution in [3.8, 4) is 0 Å². The number of rotatable bonds is 3. The van der Waals surface area contributed by atoms with Crippen LogP contribution in [-0.4, -0.2) is 10.9 Å². The molecule has 1 amide bonds. The van der Waals surface area contributed by atoms with Gasteiger partial charge < -0.3 is 11.1 Å². The van der Waals surface area contributed by atoms with E-state index in [-0.39, 0.29) is 10.9 Å². The number of thiophene rings is 1. The van der Waals surface area contributed by atoms with E-state index in [1.807, 2.05) is 13.0 Å². The monoisotopic (exact) mass is 388 g/mol. The van der Waals surface area contributed by atoms with Gasteiger partial charge in [-0.25, -0.2) is 0 Å². The molecule has 0 bridgehead atoms. The Hall–Kier alpha value is -0.950. The summed E-state index contributed by atoms with van der Waals surface area (Å²) in [7, 11) is 0. The normalized spacial score (nSPS) is 10.3. The second kappa shape index (κ2) is 6.22. The van der Waals surface area contributed by atoms with Crippen molar-refractivity contribution in [2.45, 2.75) is 6.92 Å². The molecule has 0 radical (unpaired) electrons. The van der Waals surface area contributed by atoms with E-state index in [1.165, 1.54) is 11.3 Å². The maximum Gasteiger partial charge on any atom is 0.265 e. The average molecular weight is 390 g/mol. The number of hydrogen-bond acceptors (Lipinski definition) is 3. The Morgan fingerprint density at radius 3 is 2.70 bits per heavy atom. The van der Waals surface area contributed by atoms with Crippen LogP contribution in [0.5, 0.6) is 0 Å². The molecule has 0 fully saturated rings. The maximum atomic E-state index is 12.2. The van der Waals surface area contributed by atoms with Crippen LogP contribution in [0.25, 0.3) is 0 Å². The molecule has 0 saturated carbocycles. The predicted octanol–water partition coefficient (Wildman–Crippen LogP) is 4.36. The van der Waals surface area contributed by atoms with Crippen molar-refractivity contribution in [3.63, 3.8) is 0 Å². The Labute approximate surface area is 139 Å². The first-order valence-electron chi connectivity index (χ1n) is 5.55. The lowest BCUT2D eigenvalue weighted by atomic mass is 10.1. The van der Waals surface area contributed by atoms with Crippen molar-refractivity contribution in [1.29, 1.82) is 0 Å². The molecule has 2 rings (SSSR count). The summed E-state index contributed by atoms with van der Waals surface area (Å²) in [5, 5.41) is 3.29. The van der Waals surface area contributed by atoms with Gasteiger partial charge in [-0.2, -0.15) is 0 Å². The SMILES string of the molecule is Cc1cc(C(=O)Nc2cc(Cl)ccc2C(N)=S)sc1Br. The Bertz CT molecular complexity index is 680. The van der Waals surface area contributed by atoms with Crippen LogP contribution < -0.4 is 11.1 Å². The molecular formula is C13H10BrClN2OS2. The van der Waals surface area contributed by atoms with Gasteiger partial charge in [0.15, 0.2) is 0 Å². The summed E-state index contributed by atoms with van der Waals surface area (Å²) in [4.78, 5) is 13.0. The van der Waals surface area contributed by atoms with Crippen LogP contribution in [0.2, 0.25) is 5.02 Å². The van der Waals surface area contributed by atoms with Gasteiger partial charge in [-0.05, 0) is 52.7 Å². The van der Waals surface area contributed by atoms with Gasteiger partial charge in [0.25, 0.3) is 5.91 Å². The molecule has 0 aliphatic rings. The molecule has 0 aliphatic carbocycles. The summed E-state index contributed by atoms with van der Waals surface area (Å²) in [6, 6.07) is 6.81. The zero-order valence-corrected chi connectivity index (χ0v) is 14.3. The number of carbonyl (C=O) groups excluding carboxylic acids is 1. The number of carbonyl (C=O) groups is 1. The Balaban J connectivity index is 2.32. The number of aryl methyl sites for hydroxylation is 1. The summed E-state index contributed by atoms with van der Waals surface area (Å²) in [6.07, 6.45) is 0. The number of amides is 1. The first kappa shape index (κ1) is 15.4. The number of hydrogen-bond donors (Lipinski definition) is 2. The molecule has 3 nitrogen and oxygen atoms in total. The largest absolute Gasteiger partial charge is 0.389 e. The minimum atomic E-state index is -0.219. The van der Waals surface area contributed by atoms with Gasteiger partial charge in [-0.15, -0.1) is 11.3 Å². The van der Waals surface area contributed by atoms with E-state index in [0.717, 1.165) is 9.35 Å². The summed E-state index contributed by atoms with van der Waals surface area (Å²) in [5.41, 5.74) is 7.75. The van der Waals surface area contributed by atoms with Crippen LogP contribution in [0, 0.1) is 6.92 Å². The third kappa shape index (κ3) is 3.38. The molecule has 104 valence electrons. The minimum Gasteiger partial charge on any atom is -0.389 e. The topological polar surface area (TPSA) is 55.1 Å². The smallest absolute Gasteiger partial charge is 0.265 e. The van der Waals surface area contributed by atoms with Gasteiger partial charge in [-0.1, -0.05) is 23.8 Å². The molecule has 0 spiro atoms. The van der Waals surface area contributed by atoms with E-state index in [4.69, 9.17) is 29.6 Å². The molecule has 1 aromatic carbocycles. The van der Waals surface area contributed by atoms with Crippen LogP contribution in [0.4, 0.5) is 5.69 Å². The van der Waals surface area contributed by atoms with Gasteiger partial charge in [0, 0.05) is 10.6 Å². The van der Waals surface area contributed by atoms with Crippen molar-refractivity contribution >= 4 is 67.7 Å². The summed E-state index contributed by atoms with van der Waals surface area (Å²) in [6.45, 7) is 1.93. The third-order valence-corrected chi connectivity index (χ3v) is 5.17. The van der Waals surface area contributed by atoms with Crippen molar-refractivity contribution in [3.05, 3.63) is 49.1 Å². The molecule has 0 unspecified atom stereocenters. The molecule has 20 heavy (non-hydrogen) atoms. The van der Waals surface area contributed by atoms with E-state index in [9.17, 15) is 4.79 Å². The van der Waals surface area contributed by atoms with Gasteiger partial charge in [-0.3, -0.25) is 4.79 Å². The number of thiocarbonyl (C=S) groups is 1. The van der Waals surface area contributed by atoms with Crippen molar-refractivity contribution in [2.75, 3.05) is 5.32 Å². The van der Waals surface area contributed by atoms with Crippen molar-refractivity contribution < 1.29 is 4.79 Å². The lowest BCUT2D eigenvalue weighted by Crippen LogP contribution is -2.17. The summed E-state index contributed by atoms with van der Waals surface area (Å²) in [5.74, 6) is -0.219. The fraction of sp³-hybridized carbons (Fsp3) is 0.0769. The highest BCUT2D eigenvalue weighted by atomic mass is 79.9. The maximum absolute atomic E-state index is 12.2. The van der Waals surface area contributed by atoms with Crippen LogP contribution in [0.1, 0.15) is 20.8 Å². The van der Waals surface area contributed by atoms with E-state index >= 15 is 0 Å². The highest BCUT2D eigenvalue weighted by Crippen LogP contribution is 2.28. The summed E-state index contributed by atoms with van der Waals surface area (Å²) < 4.78 is 0.934. The first-order chi connectivity index (χ1) is 9.38. The predicted molar refractivity (Wildman–Crippen MR) is 92.0 cm³/mol. The highest BCUT2D eigenvalue weighted by Gasteiger charge is 2.14. The number of halogens is 2. The lowest BCUT2D eigenvalue weighted by Gasteiger charge is -2.09. The van der Waals surface area contributed by atoms with Crippen LogP contribution in [0.15, 0.2) is 28.1 Å². The second-order valence-electron chi connectivity index (χ2n) is 4.08. The van der Waals surface area contributed by atoms with Crippen LogP contribution >= 0.6 is 51.1 Å². The first-order valence-corrected chi connectivity index (χ1v) is 7.94. The van der Waals surface area contributed by atoms with Gasteiger partial charge in [0.05, 0.1) is 14.4 Å². The molecule has 2 aromatic rings. The molecule has 3 N–H and O–H groups in total. The minimum absolute atomic E-state index is 0.209. The Morgan fingerprint density at radius 2 is 2.15 bits per heavy atom. The standard InChI is InChI=1S/C13H10BrClN2OS2/c1-6-4-10(20-11(6)14)13(18)17-9-5-7(15)2-3-8(9)12(16)19/h2-5H,1H3,(H2,16,19)(H,17,18). The van der Waals surface area contributed by atoms with Crippen molar-refractivity contribution in [2.24, 2.45) is 5.73 Å². The number of anilines is 1. The number of nitrogens with two attached hydrogens (primary N) is 1. The van der Waals surface area contributed by atoms with E-state index < -0.39 is 0 Å². The Kier molecular flexibility index (Phi) is 4.80. The van der Waals surface area contributed by atoms with Crippen molar-refractivity contribution in [1.82, 2.24) is 0 Å². The molecule has 1 heterocycles. The van der Waals surface area contributed by atoms with Crippen LogP contribution in [0.3, 0.4) is 0 Å². The number of benzene rings is 1. The van der Waals surface area contributed by atoms with E-state index in [0.29, 0.717) is 21.2 Å². The molecule has 0 aliphatic heterocycles. The van der Waals surface area contributed by atoms with Gasteiger partial charge in [0.1, 0.15) is 4.99 Å².